The van der Waals surface area contributed by atoms with Crippen LogP contribution in [0.3, 0.4) is 0 Å². The topological polar surface area (TPSA) is 83.0 Å². The molecule has 0 aromatic carbocycles. The second-order valence-corrected chi connectivity index (χ2v) is 2.55. The van der Waals surface area contributed by atoms with E-state index in [9.17, 15) is 0 Å². The molecule has 4 N–H and O–H groups in total. The lowest BCUT2D eigenvalue weighted by molar-refractivity contribution is 0.0321. The average Bonchev–Trinajstić information content (AvgIpc) is 2.21. The molecular formula is C8H20N2O4. The van der Waals surface area contributed by atoms with Crippen LogP contribution >= 0.6 is 0 Å². The standard InChI is InChI=1S/C8H20N2O4/c11-3-1-9-7-13-5-6-14-8-10-2-4-12/h9-12H,1-8H2. The first-order valence-electron chi connectivity index (χ1n) is 4.70. The van der Waals surface area contributed by atoms with Crippen LogP contribution < -0.4 is 10.6 Å². The lowest BCUT2D eigenvalue weighted by Crippen LogP contribution is -2.25. The van der Waals surface area contributed by atoms with Crippen LogP contribution in [0.25, 0.3) is 0 Å². The largest absolute Gasteiger partial charge is 0.395 e. The Labute approximate surface area is 84.2 Å². The summed E-state index contributed by atoms with van der Waals surface area (Å²) in [7, 11) is 0. The van der Waals surface area contributed by atoms with Crippen LogP contribution in [0.2, 0.25) is 0 Å². The summed E-state index contributed by atoms with van der Waals surface area (Å²) in [5, 5.41) is 22.6. The molecule has 14 heavy (non-hydrogen) atoms. The van der Waals surface area contributed by atoms with E-state index < -0.39 is 0 Å². The van der Waals surface area contributed by atoms with Crippen LogP contribution in [0.1, 0.15) is 0 Å². The van der Waals surface area contributed by atoms with E-state index >= 15 is 0 Å². The molecule has 0 aliphatic carbocycles. The fourth-order valence-corrected chi connectivity index (χ4v) is 0.709. The van der Waals surface area contributed by atoms with Gasteiger partial charge >= 0.3 is 0 Å². The Morgan fingerprint density at radius 3 is 1.57 bits per heavy atom. The minimum absolute atomic E-state index is 0.116. The second-order valence-electron chi connectivity index (χ2n) is 2.55. The maximum atomic E-state index is 8.42. The van der Waals surface area contributed by atoms with Gasteiger partial charge in [0.25, 0.3) is 0 Å². The molecule has 0 bridgehead atoms. The van der Waals surface area contributed by atoms with Crippen molar-refractivity contribution in [2.75, 3.05) is 53.0 Å². The Bertz CT molecular complexity index is 93.3. The number of nitrogens with one attached hydrogen (secondary N) is 2. The molecule has 6 nitrogen and oxygen atoms in total. The fraction of sp³-hybridized carbons (Fsp3) is 1.00. The molecule has 0 atom stereocenters. The zero-order valence-corrected chi connectivity index (χ0v) is 8.37. The van der Waals surface area contributed by atoms with Gasteiger partial charge in [0.2, 0.25) is 0 Å². The highest BCUT2D eigenvalue weighted by Gasteiger charge is 1.89. The maximum absolute atomic E-state index is 8.42. The van der Waals surface area contributed by atoms with Gasteiger partial charge < -0.3 is 19.7 Å². The summed E-state index contributed by atoms with van der Waals surface area (Å²) in [5.74, 6) is 0. The molecule has 0 radical (unpaired) electrons. The van der Waals surface area contributed by atoms with E-state index in [1.54, 1.807) is 0 Å². The Hall–Kier alpha value is -0.240. The molecule has 6 heteroatoms. The van der Waals surface area contributed by atoms with Crippen LogP contribution in [0.4, 0.5) is 0 Å². The fourth-order valence-electron chi connectivity index (χ4n) is 0.709. The third-order valence-electron chi connectivity index (χ3n) is 1.36. The first kappa shape index (κ1) is 13.8. The number of hydrogen-bond donors (Lipinski definition) is 4. The molecular weight excluding hydrogens is 188 g/mol. The van der Waals surface area contributed by atoms with Crippen molar-refractivity contribution in [3.05, 3.63) is 0 Å². The van der Waals surface area contributed by atoms with Crippen molar-refractivity contribution in [2.24, 2.45) is 0 Å². The van der Waals surface area contributed by atoms with Crippen LogP contribution in [-0.4, -0.2) is 63.2 Å². The molecule has 0 rings (SSSR count). The number of ether oxygens (including phenoxy) is 2. The molecule has 0 aliphatic heterocycles. The van der Waals surface area contributed by atoms with Gasteiger partial charge in [0, 0.05) is 13.1 Å². The lowest BCUT2D eigenvalue weighted by Gasteiger charge is -2.06. The van der Waals surface area contributed by atoms with Crippen molar-refractivity contribution in [1.82, 2.24) is 10.6 Å². The summed E-state index contributed by atoms with van der Waals surface area (Å²) in [6.07, 6.45) is 0. The van der Waals surface area contributed by atoms with E-state index in [-0.39, 0.29) is 13.2 Å². The van der Waals surface area contributed by atoms with Crippen molar-refractivity contribution >= 4 is 0 Å². The molecule has 0 unspecified atom stereocenters. The monoisotopic (exact) mass is 208 g/mol. The molecule has 86 valence electrons. The van der Waals surface area contributed by atoms with Crippen molar-refractivity contribution in [3.8, 4) is 0 Å². The van der Waals surface area contributed by atoms with Gasteiger partial charge in [0.15, 0.2) is 0 Å². The number of hydrogen-bond acceptors (Lipinski definition) is 6. The highest BCUT2D eigenvalue weighted by atomic mass is 16.5. The van der Waals surface area contributed by atoms with E-state index in [0.717, 1.165) is 0 Å². The van der Waals surface area contributed by atoms with E-state index in [1.807, 2.05) is 0 Å². The number of aliphatic hydroxyl groups is 2. The number of rotatable bonds is 11. The van der Waals surface area contributed by atoms with Crippen molar-refractivity contribution in [2.45, 2.75) is 0 Å². The van der Waals surface area contributed by atoms with Crippen molar-refractivity contribution < 1.29 is 19.7 Å². The smallest absolute Gasteiger partial charge is 0.0967 e. The van der Waals surface area contributed by atoms with Gasteiger partial charge in [-0.25, -0.2) is 0 Å². The van der Waals surface area contributed by atoms with Gasteiger partial charge in [-0.1, -0.05) is 0 Å². The Morgan fingerprint density at radius 1 is 0.786 bits per heavy atom. The minimum atomic E-state index is 0.116. The zero-order valence-electron chi connectivity index (χ0n) is 8.37. The van der Waals surface area contributed by atoms with Crippen LogP contribution in [0.15, 0.2) is 0 Å². The molecule has 0 spiro atoms. The van der Waals surface area contributed by atoms with Crippen LogP contribution in [-0.2, 0) is 9.47 Å². The van der Waals surface area contributed by atoms with E-state index in [2.05, 4.69) is 10.6 Å². The zero-order chi connectivity index (χ0) is 10.5. The summed E-state index contributed by atoms with van der Waals surface area (Å²) in [6.45, 7) is 3.19. The molecule has 0 saturated heterocycles. The SMILES string of the molecule is OCCNCOCCOCNCCO. The first-order chi connectivity index (χ1) is 6.91. The van der Waals surface area contributed by atoms with Gasteiger partial charge in [-0.3, -0.25) is 10.6 Å². The van der Waals surface area contributed by atoms with Gasteiger partial charge in [0.1, 0.15) is 0 Å². The molecule has 0 fully saturated rings. The van der Waals surface area contributed by atoms with Gasteiger partial charge in [0.05, 0.1) is 39.9 Å². The lowest BCUT2D eigenvalue weighted by atomic mass is 10.7. The van der Waals surface area contributed by atoms with E-state index in [0.29, 0.717) is 39.8 Å². The third-order valence-corrected chi connectivity index (χ3v) is 1.36. The quantitative estimate of drug-likeness (QED) is 0.234. The van der Waals surface area contributed by atoms with E-state index in [4.69, 9.17) is 19.7 Å². The highest BCUT2D eigenvalue weighted by Crippen LogP contribution is 1.75. The summed E-state index contributed by atoms with van der Waals surface area (Å²) >= 11 is 0. The summed E-state index contributed by atoms with van der Waals surface area (Å²) < 4.78 is 10.2. The Morgan fingerprint density at radius 2 is 1.21 bits per heavy atom. The van der Waals surface area contributed by atoms with Gasteiger partial charge in [-0.2, -0.15) is 0 Å². The number of aliphatic hydroxyl groups excluding tert-OH is 2. The minimum Gasteiger partial charge on any atom is -0.395 e. The molecule has 0 aromatic heterocycles. The molecule has 0 aliphatic rings. The molecule has 0 saturated carbocycles. The predicted octanol–water partition coefficient (Wildman–Crippen LogP) is -1.90. The molecule has 0 heterocycles. The molecule has 0 aromatic rings. The third kappa shape index (κ3) is 11.8. The van der Waals surface area contributed by atoms with Gasteiger partial charge in [-0.05, 0) is 0 Å². The van der Waals surface area contributed by atoms with E-state index in [1.165, 1.54) is 0 Å². The highest BCUT2D eigenvalue weighted by molar-refractivity contribution is 4.37. The average molecular weight is 208 g/mol. The maximum Gasteiger partial charge on any atom is 0.0967 e. The first-order valence-corrected chi connectivity index (χ1v) is 4.70. The van der Waals surface area contributed by atoms with Gasteiger partial charge in [-0.15, -0.1) is 0 Å². The normalized spacial score (nSPS) is 10.7. The van der Waals surface area contributed by atoms with Crippen LogP contribution in [0, 0.1) is 0 Å². The Kier molecular flexibility index (Phi) is 12.5. The second kappa shape index (κ2) is 12.8. The molecule has 0 amide bonds. The summed E-state index contributed by atoms with van der Waals surface area (Å²) in [4.78, 5) is 0. The van der Waals surface area contributed by atoms with Crippen molar-refractivity contribution in [3.63, 3.8) is 0 Å². The summed E-state index contributed by atoms with van der Waals surface area (Å²) in [6, 6.07) is 0. The predicted molar refractivity (Wildman–Crippen MR) is 51.8 cm³/mol. The Balaban J connectivity index is 2.78. The van der Waals surface area contributed by atoms with Crippen molar-refractivity contribution in [1.29, 1.82) is 0 Å². The summed E-state index contributed by atoms with van der Waals surface area (Å²) in [5.41, 5.74) is 0. The van der Waals surface area contributed by atoms with Crippen LogP contribution in [0.5, 0.6) is 0 Å².